The molecular formula is C20H29N3O3. The van der Waals surface area contributed by atoms with E-state index in [1.807, 2.05) is 32.0 Å². The number of nitrogens with one attached hydrogen (secondary N) is 2. The van der Waals surface area contributed by atoms with Gasteiger partial charge >= 0.3 is 0 Å². The second-order valence-electron chi connectivity index (χ2n) is 7.46. The Kier molecular flexibility index (Phi) is 5.81. The number of carbonyl (C=O) groups excluding carboxylic acids is 2. The Morgan fingerprint density at radius 1 is 1.19 bits per heavy atom. The van der Waals surface area contributed by atoms with Gasteiger partial charge in [0.1, 0.15) is 5.75 Å². The normalized spacial score (nSPS) is 19.7. The predicted molar refractivity (Wildman–Crippen MR) is 101 cm³/mol. The maximum atomic E-state index is 12.7. The Hall–Kier alpha value is -2.08. The molecule has 1 heterocycles. The zero-order valence-corrected chi connectivity index (χ0v) is 15.9. The summed E-state index contributed by atoms with van der Waals surface area (Å²) in [4.78, 5) is 26.7. The monoisotopic (exact) mass is 359 g/mol. The number of ether oxygens (including phenoxy) is 1. The van der Waals surface area contributed by atoms with Crippen molar-refractivity contribution in [3.05, 3.63) is 23.8 Å². The van der Waals surface area contributed by atoms with Crippen LogP contribution in [0.15, 0.2) is 18.2 Å². The number of benzene rings is 1. The van der Waals surface area contributed by atoms with Gasteiger partial charge in [-0.25, -0.2) is 0 Å². The Morgan fingerprint density at radius 2 is 1.88 bits per heavy atom. The highest BCUT2D eigenvalue weighted by Gasteiger charge is 2.33. The molecule has 2 N–H and O–H groups in total. The zero-order chi connectivity index (χ0) is 18.7. The third-order valence-corrected chi connectivity index (χ3v) is 5.36. The number of anilines is 1. The van der Waals surface area contributed by atoms with Crippen molar-refractivity contribution < 1.29 is 14.3 Å². The van der Waals surface area contributed by atoms with Crippen LogP contribution in [-0.4, -0.2) is 49.0 Å². The van der Waals surface area contributed by atoms with Gasteiger partial charge in [0, 0.05) is 25.0 Å². The van der Waals surface area contributed by atoms with E-state index in [2.05, 4.69) is 15.5 Å². The predicted octanol–water partition coefficient (Wildman–Crippen LogP) is 2.32. The maximum Gasteiger partial charge on any atom is 0.241 e. The van der Waals surface area contributed by atoms with E-state index >= 15 is 0 Å². The van der Waals surface area contributed by atoms with Crippen LogP contribution in [0.2, 0.25) is 0 Å². The van der Waals surface area contributed by atoms with Crippen molar-refractivity contribution in [1.82, 2.24) is 10.2 Å². The number of carbonyl (C=O) groups is 2. The molecule has 1 atom stereocenters. The van der Waals surface area contributed by atoms with Gasteiger partial charge in [-0.3, -0.25) is 14.5 Å². The van der Waals surface area contributed by atoms with E-state index < -0.39 is 0 Å². The van der Waals surface area contributed by atoms with Gasteiger partial charge in [0.2, 0.25) is 11.8 Å². The molecule has 1 saturated heterocycles. The summed E-state index contributed by atoms with van der Waals surface area (Å²) in [6.45, 7) is 5.55. The topological polar surface area (TPSA) is 70.7 Å². The fraction of sp³-hybridized carbons (Fsp3) is 0.600. The molecule has 1 aromatic carbocycles. The first-order valence-corrected chi connectivity index (χ1v) is 9.48. The number of methoxy groups -OCH3 is 1. The smallest absolute Gasteiger partial charge is 0.241 e. The number of hydrogen-bond donors (Lipinski definition) is 2. The van der Waals surface area contributed by atoms with E-state index in [1.165, 1.54) is 0 Å². The largest absolute Gasteiger partial charge is 0.495 e. The molecule has 2 fully saturated rings. The van der Waals surface area contributed by atoms with Gasteiger partial charge in [0.05, 0.1) is 18.8 Å². The Balaban J connectivity index is 1.51. The molecular weight excluding hydrogens is 330 g/mol. The molecule has 3 rings (SSSR count). The second-order valence-corrected chi connectivity index (χ2v) is 7.46. The number of aryl methyl sites for hydroxylation is 1. The molecule has 1 aliphatic heterocycles. The molecule has 2 amide bonds. The van der Waals surface area contributed by atoms with Gasteiger partial charge in [0.15, 0.2) is 0 Å². The van der Waals surface area contributed by atoms with Gasteiger partial charge < -0.3 is 15.4 Å². The lowest BCUT2D eigenvalue weighted by Gasteiger charge is -2.35. The summed E-state index contributed by atoms with van der Waals surface area (Å²) >= 11 is 0. The van der Waals surface area contributed by atoms with E-state index in [0.29, 0.717) is 11.4 Å². The van der Waals surface area contributed by atoms with E-state index in [0.717, 1.165) is 44.3 Å². The zero-order valence-electron chi connectivity index (χ0n) is 15.9. The van der Waals surface area contributed by atoms with Gasteiger partial charge in [-0.05, 0) is 57.2 Å². The molecule has 1 aromatic rings. The number of nitrogens with zero attached hydrogens (tertiary/aromatic N) is 1. The lowest BCUT2D eigenvalue weighted by atomic mass is 10.0. The van der Waals surface area contributed by atoms with E-state index in [4.69, 9.17) is 4.74 Å². The third-order valence-electron chi connectivity index (χ3n) is 5.36. The Labute approximate surface area is 155 Å². The Bertz CT molecular complexity index is 664. The summed E-state index contributed by atoms with van der Waals surface area (Å²) in [5.74, 6) is 1.09. The lowest BCUT2D eigenvalue weighted by Crippen LogP contribution is -2.50. The third kappa shape index (κ3) is 4.55. The number of hydrogen-bond acceptors (Lipinski definition) is 4. The average molecular weight is 359 g/mol. The van der Waals surface area contributed by atoms with Crippen LogP contribution in [0.4, 0.5) is 5.69 Å². The van der Waals surface area contributed by atoms with Crippen LogP contribution in [0.1, 0.15) is 38.2 Å². The van der Waals surface area contributed by atoms with Crippen molar-refractivity contribution in [2.24, 2.45) is 5.92 Å². The molecule has 1 aliphatic carbocycles. The molecule has 26 heavy (non-hydrogen) atoms. The van der Waals surface area contributed by atoms with Gasteiger partial charge in [-0.2, -0.15) is 0 Å². The maximum absolute atomic E-state index is 12.7. The lowest BCUT2D eigenvalue weighted by molar-refractivity contribution is -0.124. The summed E-state index contributed by atoms with van der Waals surface area (Å²) in [6.07, 6.45) is 3.85. The van der Waals surface area contributed by atoms with Crippen molar-refractivity contribution in [2.75, 3.05) is 25.5 Å². The van der Waals surface area contributed by atoms with Crippen molar-refractivity contribution in [2.45, 2.75) is 51.6 Å². The minimum Gasteiger partial charge on any atom is -0.495 e. The molecule has 0 radical (unpaired) electrons. The molecule has 0 aromatic heterocycles. The first-order valence-electron chi connectivity index (χ1n) is 9.48. The van der Waals surface area contributed by atoms with Gasteiger partial charge in [0.25, 0.3) is 0 Å². The van der Waals surface area contributed by atoms with Gasteiger partial charge in [-0.1, -0.05) is 6.07 Å². The van der Waals surface area contributed by atoms with E-state index in [1.54, 1.807) is 7.11 Å². The highest BCUT2D eigenvalue weighted by atomic mass is 16.5. The van der Waals surface area contributed by atoms with Crippen LogP contribution in [0, 0.1) is 12.8 Å². The van der Waals surface area contributed by atoms with E-state index in [9.17, 15) is 9.59 Å². The standard InChI is InChI=1S/C20H29N3O3/c1-13-4-7-18(26-3)17(12-13)22-19(24)14(2)23-10-8-16(9-11-23)21-20(25)15-5-6-15/h4,7,12,14-16H,5-6,8-11H2,1-3H3,(H,21,25)(H,22,24). The second kappa shape index (κ2) is 8.08. The molecule has 1 saturated carbocycles. The minimum absolute atomic E-state index is 0.0330. The van der Waals surface area contributed by atoms with Crippen molar-refractivity contribution in [3.63, 3.8) is 0 Å². The van der Waals surface area contributed by atoms with Crippen LogP contribution in [-0.2, 0) is 9.59 Å². The molecule has 1 unspecified atom stereocenters. The Morgan fingerprint density at radius 3 is 2.50 bits per heavy atom. The van der Waals surface area contributed by atoms with Crippen molar-refractivity contribution >= 4 is 17.5 Å². The molecule has 142 valence electrons. The fourth-order valence-corrected chi connectivity index (χ4v) is 3.42. The van der Waals surface area contributed by atoms with Crippen LogP contribution in [0.25, 0.3) is 0 Å². The molecule has 6 nitrogen and oxygen atoms in total. The first kappa shape index (κ1) is 18.7. The average Bonchev–Trinajstić information content (AvgIpc) is 3.47. The van der Waals surface area contributed by atoms with Crippen LogP contribution < -0.4 is 15.4 Å². The summed E-state index contributed by atoms with van der Waals surface area (Å²) < 4.78 is 5.33. The van der Waals surface area contributed by atoms with E-state index in [-0.39, 0.29) is 29.8 Å². The molecule has 0 spiro atoms. The minimum atomic E-state index is -0.222. The summed E-state index contributed by atoms with van der Waals surface area (Å²) in [5.41, 5.74) is 1.77. The summed E-state index contributed by atoms with van der Waals surface area (Å²) in [5, 5.41) is 6.14. The number of piperidine rings is 1. The van der Waals surface area contributed by atoms with Crippen molar-refractivity contribution in [1.29, 1.82) is 0 Å². The van der Waals surface area contributed by atoms with Crippen LogP contribution in [0.3, 0.4) is 0 Å². The molecule has 0 bridgehead atoms. The molecule has 2 aliphatic rings. The number of amides is 2. The highest BCUT2D eigenvalue weighted by Crippen LogP contribution is 2.29. The quantitative estimate of drug-likeness (QED) is 0.818. The number of likely N-dealkylation sites (tertiary alicyclic amines) is 1. The first-order chi connectivity index (χ1) is 12.5. The van der Waals surface area contributed by atoms with Gasteiger partial charge in [-0.15, -0.1) is 0 Å². The van der Waals surface area contributed by atoms with Crippen molar-refractivity contribution in [3.8, 4) is 5.75 Å². The van der Waals surface area contributed by atoms with Crippen LogP contribution >= 0.6 is 0 Å². The number of rotatable bonds is 6. The molecule has 6 heteroatoms. The summed E-state index contributed by atoms with van der Waals surface area (Å²) in [7, 11) is 1.60. The fourth-order valence-electron chi connectivity index (χ4n) is 3.42. The van der Waals surface area contributed by atoms with Crippen LogP contribution in [0.5, 0.6) is 5.75 Å². The highest BCUT2D eigenvalue weighted by molar-refractivity contribution is 5.96. The summed E-state index contributed by atoms with van der Waals surface area (Å²) in [6, 6.07) is 5.76. The SMILES string of the molecule is COc1ccc(C)cc1NC(=O)C(C)N1CCC(NC(=O)C2CC2)CC1.